The van der Waals surface area contributed by atoms with Gasteiger partial charge in [0, 0.05) is 54.7 Å². The highest BCUT2D eigenvalue weighted by Crippen LogP contribution is 2.51. The molecule has 0 saturated carbocycles. The zero-order valence-electron chi connectivity index (χ0n) is 75.1. The van der Waals surface area contributed by atoms with Gasteiger partial charge in [0.05, 0.1) is 11.0 Å². The van der Waals surface area contributed by atoms with E-state index >= 15 is 0 Å². The summed E-state index contributed by atoms with van der Waals surface area (Å²) in [4.78, 5) is 0. The Morgan fingerprint density at radius 2 is 0.459 bits per heavy atom. The average Bonchev–Trinajstić information content (AvgIpc) is 1.68. The van der Waals surface area contributed by atoms with Crippen molar-refractivity contribution < 1.29 is 8.83 Å². The fourth-order valence-corrected chi connectivity index (χ4v) is 21.3. The van der Waals surface area contributed by atoms with Gasteiger partial charge in [-0.05, 0) is 229 Å². The van der Waals surface area contributed by atoms with Gasteiger partial charge in [-0.2, -0.15) is 0 Å². The monoisotopic (exact) mass is 1700 g/mol. The molecule has 0 spiro atoms. The summed E-state index contributed by atoms with van der Waals surface area (Å²) in [6, 6.07) is 166. The fraction of sp³-hybridized carbons (Fsp3) is 0.0615. The molecule has 3 heteroatoms. The lowest BCUT2D eigenvalue weighted by molar-refractivity contribution is 0.590. The maximum atomic E-state index is 6.50. The van der Waals surface area contributed by atoms with Crippen molar-refractivity contribution in [1.29, 1.82) is 0 Å². The Hall–Kier alpha value is -16.5. The SMILES string of the molecule is CC(C)(C)c1ccc(-c2c3ccccc3c(-c3ccc4cc(-c5cccc6c5oc5ccccc56)ccc4c3)c3ccccc23)cc1.CC(C)(C)c1ccc(-c2c3ccccc3c(-c3cccc4c3oc3ccccc34)c3ccccc23)cc1.c1cc(-c2c3ccccc3c(-c3ccc(-c4cccc5ccccc45)cc3)c3ccccc23)cc(-n2c3ccccc3c3ccccc32)c1. The smallest absolute Gasteiger partial charge is 0.143 e. The second kappa shape index (κ2) is 32.3. The zero-order chi connectivity index (χ0) is 89.2. The third-order valence-corrected chi connectivity index (χ3v) is 27.6. The minimum absolute atomic E-state index is 0.115. The number of nitrogens with zero attached hydrogens (tertiary/aromatic N) is 1. The molecule has 23 aromatic carbocycles. The summed E-state index contributed by atoms with van der Waals surface area (Å²) in [6.07, 6.45) is 0. The van der Waals surface area contributed by atoms with Crippen LogP contribution in [0.25, 0.3) is 247 Å². The van der Waals surface area contributed by atoms with Crippen LogP contribution in [0.3, 0.4) is 0 Å². The number of benzene rings is 23. The molecular weight excluding hydrogens is 1610 g/mol. The first-order valence-electron chi connectivity index (χ1n) is 46.3. The van der Waals surface area contributed by atoms with Crippen LogP contribution in [-0.2, 0) is 10.8 Å². The number of aromatic nitrogens is 1. The van der Waals surface area contributed by atoms with Crippen molar-refractivity contribution in [2.24, 2.45) is 0 Å². The van der Waals surface area contributed by atoms with E-state index in [0.29, 0.717) is 0 Å². The molecule has 26 rings (SSSR count). The number of rotatable bonds is 9. The van der Waals surface area contributed by atoms with Crippen LogP contribution in [0.1, 0.15) is 52.7 Å². The van der Waals surface area contributed by atoms with E-state index in [2.05, 4.69) is 483 Å². The molecule has 0 fully saturated rings. The van der Waals surface area contributed by atoms with E-state index in [1.165, 1.54) is 191 Å². The highest BCUT2D eigenvalue weighted by Gasteiger charge is 2.26. The Balaban J connectivity index is 0.000000111. The first-order valence-corrected chi connectivity index (χ1v) is 46.3. The topological polar surface area (TPSA) is 31.2 Å². The number of hydrogen-bond acceptors (Lipinski definition) is 2. The minimum atomic E-state index is 0.115. The molecule has 0 N–H and O–H groups in total. The molecule has 0 amide bonds. The van der Waals surface area contributed by atoms with Crippen molar-refractivity contribution in [2.75, 3.05) is 0 Å². The predicted molar refractivity (Wildman–Crippen MR) is 569 cm³/mol. The molecule has 0 atom stereocenters. The molecule has 133 heavy (non-hydrogen) atoms. The van der Waals surface area contributed by atoms with Crippen LogP contribution in [0.2, 0.25) is 0 Å². The second-order valence-electron chi connectivity index (χ2n) is 37.5. The van der Waals surface area contributed by atoms with Crippen LogP contribution in [0.5, 0.6) is 0 Å². The largest absolute Gasteiger partial charge is 0.455 e. The molecule has 0 radical (unpaired) electrons. The van der Waals surface area contributed by atoms with E-state index < -0.39 is 0 Å². The summed E-state index contributed by atoms with van der Waals surface area (Å²) in [6.45, 7) is 13.6. The summed E-state index contributed by atoms with van der Waals surface area (Å²) in [5, 5.41) is 27.3. The molecule has 3 aromatic heterocycles. The van der Waals surface area contributed by atoms with Gasteiger partial charge in [0.1, 0.15) is 22.3 Å². The predicted octanol–water partition coefficient (Wildman–Crippen LogP) is 37.1. The van der Waals surface area contributed by atoms with Crippen molar-refractivity contribution >= 4 is 152 Å². The van der Waals surface area contributed by atoms with Crippen molar-refractivity contribution in [3.8, 4) is 94.7 Å². The van der Waals surface area contributed by atoms with E-state index in [9.17, 15) is 0 Å². The molecule has 0 bridgehead atoms. The maximum absolute atomic E-state index is 6.50. The molecule has 0 unspecified atom stereocenters. The highest BCUT2D eigenvalue weighted by atomic mass is 16.3. The molecule has 630 valence electrons. The molecule has 0 aliphatic heterocycles. The number of fused-ring (bicyclic) bond motifs is 17. The average molecular weight is 1700 g/mol. The van der Waals surface area contributed by atoms with Gasteiger partial charge < -0.3 is 13.4 Å². The van der Waals surface area contributed by atoms with Gasteiger partial charge in [-0.15, -0.1) is 0 Å². The van der Waals surface area contributed by atoms with Crippen molar-refractivity contribution in [3.63, 3.8) is 0 Å². The Kier molecular flexibility index (Phi) is 19.4. The van der Waals surface area contributed by atoms with Gasteiger partial charge in [-0.3, -0.25) is 0 Å². The van der Waals surface area contributed by atoms with Crippen LogP contribution in [0.4, 0.5) is 0 Å². The summed E-state index contributed by atoms with van der Waals surface area (Å²) < 4.78 is 15.3. The lowest BCUT2D eigenvalue weighted by atomic mass is 9.83. The van der Waals surface area contributed by atoms with Gasteiger partial charge in [-0.25, -0.2) is 0 Å². The van der Waals surface area contributed by atoms with E-state index in [1.54, 1.807) is 0 Å². The Morgan fingerprint density at radius 3 is 0.895 bits per heavy atom. The quantitative estimate of drug-likeness (QED) is 0.135. The van der Waals surface area contributed by atoms with Gasteiger partial charge in [0.2, 0.25) is 0 Å². The molecule has 3 heterocycles. The first-order chi connectivity index (χ1) is 65.3. The molecule has 0 saturated heterocycles. The third-order valence-electron chi connectivity index (χ3n) is 27.6. The van der Waals surface area contributed by atoms with Crippen molar-refractivity contribution in [3.05, 3.63) is 466 Å². The molecule has 26 aromatic rings. The number of furan rings is 2. The molecular formula is C130H93NO2. The van der Waals surface area contributed by atoms with Gasteiger partial charge in [-0.1, -0.05) is 448 Å². The normalized spacial score (nSPS) is 12.0. The van der Waals surface area contributed by atoms with Crippen LogP contribution < -0.4 is 0 Å². The van der Waals surface area contributed by atoms with Gasteiger partial charge in [0.25, 0.3) is 0 Å². The third kappa shape index (κ3) is 13.8. The summed E-state index contributed by atoms with van der Waals surface area (Å²) in [5.74, 6) is 0. The van der Waals surface area contributed by atoms with E-state index in [-0.39, 0.29) is 10.8 Å². The summed E-state index contributed by atoms with van der Waals surface area (Å²) in [5.41, 5.74) is 30.0. The summed E-state index contributed by atoms with van der Waals surface area (Å²) in [7, 11) is 0. The van der Waals surface area contributed by atoms with Crippen molar-refractivity contribution in [1.82, 2.24) is 4.57 Å². The fourth-order valence-electron chi connectivity index (χ4n) is 21.3. The molecule has 3 nitrogen and oxygen atoms in total. The first kappa shape index (κ1) is 79.9. The standard InChI is InChI=1S/C48H31N.C46H34O.C36H28O/c1-2-17-37-32(13-1)14-12-24-38(37)33-27-29-34(30-28-33)47-41-20-3-5-22-43(41)48(44-23-6-4-21-42(44)47)35-15-11-16-36(31-35)49-45-25-9-7-18-39(45)40-19-8-10-26-46(40)49;1-46(2,3)34-25-23-29(24-26-34)43-37-12-4-6-14-39(37)44(40-15-7-5-13-38(40)43)33-22-20-30-27-32(21-19-31(30)28-33)35-16-10-17-41-36-11-8-9-18-42(36)47-45(35)41;1-36(2,3)24-21-19-23(20-22-24)33-26-12-4-6-14-28(26)34(29-15-7-5-13-27(29)33)31-17-10-16-30-25-11-8-9-18-32(25)37-35(30)31/h1-31H;4-28H,1-3H3;4-22H,1-3H3. The van der Waals surface area contributed by atoms with E-state index in [1.807, 2.05) is 18.2 Å². The zero-order valence-corrected chi connectivity index (χ0v) is 75.1. The number of para-hydroxylation sites is 6. The van der Waals surface area contributed by atoms with E-state index in [0.717, 1.165) is 66.3 Å². The molecule has 0 aliphatic rings. The van der Waals surface area contributed by atoms with Crippen LogP contribution >= 0.6 is 0 Å². The van der Waals surface area contributed by atoms with Crippen LogP contribution in [-0.4, -0.2) is 4.57 Å². The van der Waals surface area contributed by atoms with Crippen molar-refractivity contribution in [2.45, 2.75) is 52.4 Å². The van der Waals surface area contributed by atoms with Crippen LogP contribution in [0, 0.1) is 0 Å². The Morgan fingerprint density at radius 1 is 0.173 bits per heavy atom. The van der Waals surface area contributed by atoms with Gasteiger partial charge >= 0.3 is 0 Å². The Bertz CT molecular complexity index is 8910. The minimum Gasteiger partial charge on any atom is -0.455 e. The number of hydrogen-bond donors (Lipinski definition) is 0. The lowest BCUT2D eigenvalue weighted by Crippen LogP contribution is -2.10. The van der Waals surface area contributed by atoms with E-state index in [4.69, 9.17) is 8.83 Å². The van der Waals surface area contributed by atoms with Gasteiger partial charge in [0.15, 0.2) is 0 Å². The Labute approximate surface area is 773 Å². The highest BCUT2D eigenvalue weighted by molar-refractivity contribution is 6.27. The summed E-state index contributed by atoms with van der Waals surface area (Å²) >= 11 is 0. The lowest BCUT2D eigenvalue weighted by Gasteiger charge is -2.21. The van der Waals surface area contributed by atoms with Crippen LogP contribution in [0.15, 0.2) is 464 Å². The second-order valence-corrected chi connectivity index (χ2v) is 37.5. The molecule has 0 aliphatic carbocycles. The maximum Gasteiger partial charge on any atom is 0.143 e.